The summed E-state index contributed by atoms with van der Waals surface area (Å²) in [4.78, 5) is 0. The zero-order chi connectivity index (χ0) is 10.0. The maximum Gasteiger partial charge on any atom is 1.00 e. The van der Waals surface area contributed by atoms with Crippen molar-refractivity contribution in [1.82, 2.24) is 6.15 Å². The smallest absolute Gasteiger partial charge is 1.00 e. The molecule has 0 aliphatic rings. The first-order valence-corrected chi connectivity index (χ1v) is 5.04. The second-order valence-corrected chi connectivity index (χ2v) is 2.71. The molecular weight excluding hydrogens is 221 g/mol. The van der Waals surface area contributed by atoms with E-state index in [4.69, 9.17) is 9.29 Å². The summed E-state index contributed by atoms with van der Waals surface area (Å²) < 4.78 is 35.5. The Hall–Kier alpha value is 0.790. The Kier molecular flexibility index (Phi) is 28.0. The summed E-state index contributed by atoms with van der Waals surface area (Å²) in [6.45, 7) is 7.10. The molecule has 8 heteroatoms. The number of ether oxygens (including phenoxy) is 1. The van der Waals surface area contributed by atoms with Crippen molar-refractivity contribution in [1.29, 1.82) is 0 Å². The normalized spacial score (nSPS) is 8.86. The fourth-order valence-corrected chi connectivity index (χ4v) is 0.651. The SMILES string of the molecule is CCOCC.CCOS(=O)(=O)O.N.[H-].[Na+]. The Bertz CT molecular complexity index is 176. The zero-order valence-corrected chi connectivity index (χ0v) is 12.1. The molecule has 4 N–H and O–H groups in total. The van der Waals surface area contributed by atoms with Gasteiger partial charge in [-0.2, -0.15) is 8.42 Å². The molecule has 6 nitrogen and oxygen atoms in total. The van der Waals surface area contributed by atoms with Gasteiger partial charge >= 0.3 is 40.0 Å². The van der Waals surface area contributed by atoms with Crippen LogP contribution in [-0.4, -0.2) is 32.8 Å². The van der Waals surface area contributed by atoms with Crippen LogP contribution in [0.15, 0.2) is 0 Å². The molecule has 0 aliphatic carbocycles. The van der Waals surface area contributed by atoms with Crippen molar-refractivity contribution >= 4 is 10.4 Å². The van der Waals surface area contributed by atoms with Gasteiger partial charge in [0.2, 0.25) is 0 Å². The van der Waals surface area contributed by atoms with Gasteiger partial charge in [0.05, 0.1) is 6.61 Å². The van der Waals surface area contributed by atoms with E-state index in [1.807, 2.05) is 13.8 Å². The maximum absolute atomic E-state index is 9.56. The fourth-order valence-electron chi connectivity index (χ4n) is 0.353. The molecular formula is C6H20NNaO5S. The molecule has 0 saturated heterocycles. The summed E-state index contributed by atoms with van der Waals surface area (Å²) >= 11 is 0. The Labute approximate surface area is 110 Å². The predicted octanol–water partition coefficient (Wildman–Crippen LogP) is -1.85. The van der Waals surface area contributed by atoms with Crippen molar-refractivity contribution in [2.75, 3.05) is 19.8 Å². The average Bonchev–Trinajstić information content (AvgIpc) is 1.87. The summed E-state index contributed by atoms with van der Waals surface area (Å²) in [5.41, 5.74) is 0. The van der Waals surface area contributed by atoms with Crippen LogP contribution in [0.1, 0.15) is 22.2 Å². The molecule has 0 radical (unpaired) electrons. The number of hydrogen-bond acceptors (Lipinski definition) is 5. The molecule has 0 spiro atoms. The second-order valence-electron chi connectivity index (χ2n) is 1.62. The molecule has 0 rings (SSSR count). The average molecular weight is 241 g/mol. The molecule has 0 unspecified atom stereocenters. The van der Waals surface area contributed by atoms with Crippen LogP contribution in [0.5, 0.6) is 0 Å². The van der Waals surface area contributed by atoms with Crippen LogP contribution in [0.3, 0.4) is 0 Å². The Morgan fingerprint density at radius 1 is 1.14 bits per heavy atom. The van der Waals surface area contributed by atoms with Gasteiger partial charge < -0.3 is 12.3 Å². The molecule has 86 valence electrons. The Morgan fingerprint density at radius 2 is 1.50 bits per heavy atom. The van der Waals surface area contributed by atoms with E-state index in [9.17, 15) is 8.42 Å². The molecule has 0 fully saturated rings. The van der Waals surface area contributed by atoms with Crippen molar-refractivity contribution in [2.45, 2.75) is 20.8 Å². The van der Waals surface area contributed by atoms with Crippen LogP contribution < -0.4 is 35.7 Å². The maximum atomic E-state index is 9.56. The third-order valence-electron chi connectivity index (χ3n) is 0.675. The molecule has 0 bridgehead atoms. The van der Waals surface area contributed by atoms with Crippen molar-refractivity contribution in [3.05, 3.63) is 0 Å². The third kappa shape index (κ3) is 38.6. The molecule has 0 saturated carbocycles. The molecule has 0 aliphatic heterocycles. The summed E-state index contributed by atoms with van der Waals surface area (Å²) in [7, 11) is -4.17. The van der Waals surface area contributed by atoms with Crippen molar-refractivity contribution in [2.24, 2.45) is 0 Å². The second kappa shape index (κ2) is 16.2. The van der Waals surface area contributed by atoms with Gasteiger partial charge in [0.1, 0.15) is 0 Å². The minimum Gasteiger partial charge on any atom is -1.00 e. The van der Waals surface area contributed by atoms with E-state index in [1.165, 1.54) is 6.92 Å². The van der Waals surface area contributed by atoms with Crippen LogP contribution in [-0.2, 0) is 19.3 Å². The van der Waals surface area contributed by atoms with Gasteiger partial charge in [0, 0.05) is 13.2 Å². The monoisotopic (exact) mass is 241 g/mol. The van der Waals surface area contributed by atoms with Crippen LogP contribution >= 0.6 is 0 Å². The van der Waals surface area contributed by atoms with E-state index in [1.54, 1.807) is 0 Å². The summed E-state index contributed by atoms with van der Waals surface area (Å²) in [6.07, 6.45) is 0. The molecule has 0 aromatic heterocycles. The van der Waals surface area contributed by atoms with Gasteiger partial charge in [-0.3, -0.25) is 4.55 Å². The van der Waals surface area contributed by atoms with Crippen LogP contribution in [0.2, 0.25) is 0 Å². The first kappa shape index (κ1) is 24.2. The van der Waals surface area contributed by atoms with E-state index in [0.717, 1.165) is 13.2 Å². The topological polar surface area (TPSA) is 108 Å². The Morgan fingerprint density at radius 3 is 1.50 bits per heavy atom. The summed E-state index contributed by atoms with van der Waals surface area (Å²) in [5.74, 6) is 0. The van der Waals surface area contributed by atoms with Crippen LogP contribution in [0.25, 0.3) is 0 Å². The van der Waals surface area contributed by atoms with Crippen molar-refractivity contribution in [3.63, 3.8) is 0 Å². The number of hydrogen-bond donors (Lipinski definition) is 2. The predicted molar refractivity (Wildman–Crippen MR) is 51.5 cm³/mol. The van der Waals surface area contributed by atoms with Gasteiger partial charge in [0.15, 0.2) is 0 Å². The van der Waals surface area contributed by atoms with Gasteiger partial charge in [-0.25, -0.2) is 4.18 Å². The van der Waals surface area contributed by atoms with E-state index < -0.39 is 10.4 Å². The van der Waals surface area contributed by atoms with Crippen molar-refractivity contribution < 1.29 is 52.9 Å². The third-order valence-corrected chi connectivity index (χ3v) is 1.21. The first-order valence-electron chi connectivity index (χ1n) is 3.67. The molecule has 0 atom stereocenters. The molecule has 0 aromatic rings. The Balaban J connectivity index is -0.0000000383. The van der Waals surface area contributed by atoms with E-state index >= 15 is 0 Å². The minimum atomic E-state index is -4.17. The van der Waals surface area contributed by atoms with Gasteiger partial charge in [0.25, 0.3) is 0 Å². The van der Waals surface area contributed by atoms with E-state index in [2.05, 4.69) is 4.18 Å². The van der Waals surface area contributed by atoms with E-state index in [-0.39, 0.29) is 43.7 Å². The van der Waals surface area contributed by atoms with Gasteiger partial charge in [-0.05, 0) is 20.8 Å². The summed E-state index contributed by atoms with van der Waals surface area (Å²) in [5, 5.41) is 0. The largest absolute Gasteiger partial charge is 1.00 e. The zero-order valence-electron chi connectivity index (χ0n) is 10.3. The molecule has 0 amide bonds. The molecule has 0 heterocycles. The van der Waals surface area contributed by atoms with E-state index in [0.29, 0.717) is 0 Å². The fraction of sp³-hybridized carbons (Fsp3) is 1.00. The molecule has 0 aromatic carbocycles. The molecule has 14 heavy (non-hydrogen) atoms. The summed E-state index contributed by atoms with van der Waals surface area (Å²) in [6, 6.07) is 0. The number of rotatable bonds is 4. The quantitative estimate of drug-likeness (QED) is 0.442. The standard InChI is InChI=1S/C4H10O.C2H6O4S.H3N.Na.H/c1-3-5-4-2;1-2-6-7(3,4)5;;;/h3-4H2,1-2H3;2H2,1H3,(H,3,4,5);1H3;;/q;;;+1;-1. The van der Waals surface area contributed by atoms with Crippen LogP contribution in [0, 0.1) is 0 Å². The van der Waals surface area contributed by atoms with Gasteiger partial charge in [-0.1, -0.05) is 0 Å². The van der Waals surface area contributed by atoms with Gasteiger partial charge in [-0.15, -0.1) is 0 Å². The minimum absolute atomic E-state index is 0. The first-order chi connectivity index (χ1) is 5.47. The van der Waals surface area contributed by atoms with Crippen LogP contribution in [0.4, 0.5) is 0 Å². The van der Waals surface area contributed by atoms with Crippen molar-refractivity contribution in [3.8, 4) is 0 Å².